The van der Waals surface area contributed by atoms with Crippen LogP contribution >= 0.6 is 10.2 Å². The van der Waals surface area contributed by atoms with Gasteiger partial charge >= 0.3 is 10.2 Å². The van der Waals surface area contributed by atoms with Crippen LogP contribution in [0.4, 0.5) is 29.5 Å². The molecule has 0 saturated heterocycles. The third-order valence-electron chi connectivity index (χ3n) is 1.37. The lowest BCUT2D eigenvalue weighted by molar-refractivity contribution is 0.355. The summed E-state index contributed by atoms with van der Waals surface area (Å²) in [6, 6.07) is 0.704. The first kappa shape index (κ1) is 11.0. The van der Waals surface area contributed by atoms with Crippen LogP contribution in [0.25, 0.3) is 0 Å². The van der Waals surface area contributed by atoms with E-state index in [1.807, 2.05) is 0 Å². The Labute approximate surface area is 75.2 Å². The molecule has 0 aliphatic carbocycles. The van der Waals surface area contributed by atoms with Crippen molar-refractivity contribution < 1.29 is 23.8 Å². The van der Waals surface area contributed by atoms with Crippen molar-refractivity contribution in [2.45, 2.75) is 4.90 Å². The average Bonchev–Trinajstić information content (AvgIpc) is 1.79. The lowest BCUT2D eigenvalue weighted by Gasteiger charge is -2.40. The molecule has 0 atom stereocenters. The summed E-state index contributed by atoms with van der Waals surface area (Å²) in [5.74, 6) is -2.07. The highest BCUT2D eigenvalue weighted by Crippen LogP contribution is 3.02. The van der Waals surface area contributed by atoms with Gasteiger partial charge in [-0.25, -0.2) is 4.39 Å². The van der Waals surface area contributed by atoms with Crippen molar-refractivity contribution in [3.63, 3.8) is 0 Å². The Morgan fingerprint density at radius 3 is 1.86 bits per heavy atom. The molecule has 0 bridgehead atoms. The Kier molecular flexibility index (Phi) is 1.68. The molecule has 0 unspecified atom stereocenters. The molecule has 0 aliphatic rings. The van der Waals surface area contributed by atoms with Crippen molar-refractivity contribution in [1.82, 2.24) is 0 Å². The predicted octanol–water partition coefficient (Wildman–Crippen LogP) is 4.07. The summed E-state index contributed by atoms with van der Waals surface area (Å²) < 4.78 is 72.9. The van der Waals surface area contributed by atoms with Crippen LogP contribution in [0.2, 0.25) is 0 Å². The van der Waals surface area contributed by atoms with Crippen molar-refractivity contribution in [3.05, 3.63) is 24.0 Å². The van der Waals surface area contributed by atoms with Crippen LogP contribution in [0.15, 0.2) is 23.1 Å². The molecule has 0 heterocycles. The minimum atomic E-state index is -9.93. The van der Waals surface area contributed by atoms with Gasteiger partial charge in [-0.2, -0.15) is 0 Å². The maximum absolute atomic E-state index is 12.6. The van der Waals surface area contributed by atoms with E-state index in [-0.39, 0.29) is 17.8 Å². The molecule has 2 N–H and O–H groups in total. The number of hydrogen-bond acceptors (Lipinski definition) is 1. The monoisotopic (exact) mass is 237 g/mol. The zero-order valence-corrected chi connectivity index (χ0v) is 7.30. The lowest BCUT2D eigenvalue weighted by atomic mass is 10.3. The van der Waals surface area contributed by atoms with Crippen LogP contribution in [0.5, 0.6) is 0 Å². The van der Waals surface area contributed by atoms with Crippen molar-refractivity contribution in [2.75, 3.05) is 5.73 Å². The number of rotatable bonds is 1. The minimum absolute atomic E-state index is 0.0633. The van der Waals surface area contributed by atoms with Gasteiger partial charge in [0.15, 0.2) is 0 Å². The minimum Gasteiger partial charge on any atom is -0.399 e. The van der Waals surface area contributed by atoms with Gasteiger partial charge in [0.05, 0.1) is 0 Å². The highest BCUT2D eigenvalue weighted by molar-refractivity contribution is 8.45. The fourth-order valence-corrected chi connectivity index (χ4v) is 1.58. The number of benzene rings is 1. The summed E-state index contributed by atoms with van der Waals surface area (Å²) in [5, 5.41) is 0. The Hall–Kier alpha value is -1.05. The molecule has 0 saturated carbocycles. The van der Waals surface area contributed by atoms with Crippen LogP contribution in [0.1, 0.15) is 0 Å². The predicted molar refractivity (Wildman–Crippen MR) is 42.2 cm³/mol. The molecule has 0 aromatic heterocycles. The molecule has 0 amide bonds. The summed E-state index contributed by atoms with van der Waals surface area (Å²) in [7, 11) is -9.93. The summed E-state index contributed by atoms with van der Waals surface area (Å²) in [6.07, 6.45) is 0. The average molecular weight is 237 g/mol. The smallest absolute Gasteiger partial charge is 0.313 e. The summed E-state index contributed by atoms with van der Waals surface area (Å²) in [5.41, 5.74) is 4.56. The third kappa shape index (κ3) is 2.25. The topological polar surface area (TPSA) is 26.0 Å². The number of halogens is 6. The van der Waals surface area contributed by atoms with Crippen molar-refractivity contribution >= 4 is 15.9 Å². The molecular formula is C6H5F6NS. The molecule has 82 valence electrons. The molecule has 0 spiro atoms. The maximum Gasteiger partial charge on any atom is 0.313 e. The van der Waals surface area contributed by atoms with E-state index in [0.717, 1.165) is 0 Å². The fourth-order valence-electron chi connectivity index (χ4n) is 0.830. The summed E-state index contributed by atoms with van der Waals surface area (Å²) >= 11 is 0. The number of hydrogen-bond donors (Lipinski definition) is 1. The quantitative estimate of drug-likeness (QED) is 0.578. The number of nitrogens with two attached hydrogens (primary N) is 1. The van der Waals surface area contributed by atoms with Crippen LogP contribution in [-0.2, 0) is 0 Å². The van der Waals surface area contributed by atoms with Gasteiger partial charge < -0.3 is 5.73 Å². The van der Waals surface area contributed by atoms with Gasteiger partial charge in [-0.1, -0.05) is 19.4 Å². The van der Waals surface area contributed by atoms with Crippen molar-refractivity contribution in [2.24, 2.45) is 0 Å². The molecule has 1 nitrogen and oxygen atoms in total. The molecule has 0 aliphatic heterocycles. The SMILES string of the molecule is Nc1ccc(S(F)(F)(F)(F)F)c(F)c1. The van der Waals surface area contributed by atoms with Gasteiger partial charge in [-0.15, -0.1) is 0 Å². The highest BCUT2D eigenvalue weighted by Gasteiger charge is 2.67. The van der Waals surface area contributed by atoms with Crippen LogP contribution in [-0.4, -0.2) is 0 Å². The zero-order valence-electron chi connectivity index (χ0n) is 6.49. The Morgan fingerprint density at radius 1 is 1.00 bits per heavy atom. The van der Waals surface area contributed by atoms with Gasteiger partial charge in [0.1, 0.15) is 10.7 Å². The Bertz CT molecular complexity index is 382. The second-order valence-corrected chi connectivity index (χ2v) is 5.04. The van der Waals surface area contributed by atoms with Gasteiger partial charge in [0.25, 0.3) is 0 Å². The maximum atomic E-state index is 12.6. The van der Waals surface area contributed by atoms with E-state index in [4.69, 9.17) is 5.73 Å². The first-order valence-electron chi connectivity index (χ1n) is 3.19. The lowest BCUT2D eigenvalue weighted by Crippen LogP contribution is -2.08. The van der Waals surface area contributed by atoms with Gasteiger partial charge in [-0.3, -0.25) is 0 Å². The third-order valence-corrected chi connectivity index (χ3v) is 2.53. The number of nitrogen functional groups attached to an aromatic ring is 1. The molecule has 0 radical (unpaired) electrons. The second kappa shape index (κ2) is 2.13. The van der Waals surface area contributed by atoms with Crippen molar-refractivity contribution in [3.8, 4) is 0 Å². The van der Waals surface area contributed by atoms with E-state index in [1.165, 1.54) is 0 Å². The first-order valence-corrected chi connectivity index (χ1v) is 5.14. The molecule has 8 heteroatoms. The fraction of sp³-hybridized carbons (Fsp3) is 0. The van der Waals surface area contributed by atoms with Crippen LogP contribution in [0, 0.1) is 5.82 Å². The molecule has 14 heavy (non-hydrogen) atoms. The van der Waals surface area contributed by atoms with Gasteiger partial charge in [0, 0.05) is 5.69 Å². The molecule has 1 aromatic carbocycles. The zero-order chi connectivity index (χ0) is 11.3. The van der Waals surface area contributed by atoms with Crippen LogP contribution < -0.4 is 5.73 Å². The van der Waals surface area contributed by atoms with Crippen LogP contribution in [0.3, 0.4) is 0 Å². The van der Waals surface area contributed by atoms with E-state index < -0.39 is 20.9 Å². The van der Waals surface area contributed by atoms with E-state index in [1.54, 1.807) is 0 Å². The molecule has 1 rings (SSSR count). The van der Waals surface area contributed by atoms with E-state index in [0.29, 0.717) is 6.07 Å². The van der Waals surface area contributed by atoms with E-state index >= 15 is 0 Å². The van der Waals surface area contributed by atoms with Gasteiger partial charge in [-0.05, 0) is 18.2 Å². The second-order valence-electron chi connectivity index (χ2n) is 2.66. The standard InChI is InChI=1S/C6H5F6NS/c7-5-3-4(13)1-2-6(5)14(8,9,10,11)12/h1-3H,13H2. The molecule has 0 fully saturated rings. The van der Waals surface area contributed by atoms with E-state index in [2.05, 4.69) is 0 Å². The summed E-state index contributed by atoms with van der Waals surface area (Å²) in [6.45, 7) is 0. The number of anilines is 1. The Balaban J connectivity index is 3.51. The van der Waals surface area contributed by atoms with Gasteiger partial charge in [0.2, 0.25) is 0 Å². The normalized spacial score (nSPS) is 17.3. The first-order chi connectivity index (χ1) is 5.90. The van der Waals surface area contributed by atoms with E-state index in [9.17, 15) is 23.8 Å². The largest absolute Gasteiger partial charge is 0.399 e. The van der Waals surface area contributed by atoms with Crippen molar-refractivity contribution in [1.29, 1.82) is 0 Å². The molecular weight excluding hydrogens is 232 g/mol. The molecule has 1 aromatic rings. The Morgan fingerprint density at radius 2 is 1.50 bits per heavy atom. The highest BCUT2D eigenvalue weighted by atomic mass is 32.5. The summed E-state index contributed by atoms with van der Waals surface area (Å²) in [4.78, 5) is -2.54.